The molecule has 0 bridgehead atoms. The molecule has 2 nitrogen and oxygen atoms in total. The van der Waals surface area contributed by atoms with Gasteiger partial charge < -0.3 is 10.2 Å². The summed E-state index contributed by atoms with van der Waals surface area (Å²) in [6.07, 6.45) is 3.84. The molecule has 0 aliphatic carbocycles. The summed E-state index contributed by atoms with van der Waals surface area (Å²) >= 11 is 0. The van der Waals surface area contributed by atoms with Gasteiger partial charge in [-0.2, -0.15) is 0 Å². The van der Waals surface area contributed by atoms with Gasteiger partial charge >= 0.3 is 0 Å². The molecular weight excluding hydrogens is 215 g/mol. The lowest BCUT2D eigenvalue weighted by molar-refractivity contribution is 0.194. The Morgan fingerprint density at radius 3 is 3.00 bits per heavy atom. The predicted molar refractivity (Wildman–Crippen MR) is 69.9 cm³/mol. The van der Waals surface area contributed by atoms with Crippen LogP contribution in [0.4, 0.5) is 10.1 Å². The van der Waals surface area contributed by atoms with Crippen LogP contribution in [0, 0.1) is 12.7 Å². The highest BCUT2D eigenvalue weighted by Gasteiger charge is 2.18. The van der Waals surface area contributed by atoms with Crippen molar-refractivity contribution >= 4 is 5.69 Å². The second-order valence-corrected chi connectivity index (χ2v) is 4.92. The van der Waals surface area contributed by atoms with Gasteiger partial charge in [-0.25, -0.2) is 4.39 Å². The Labute approximate surface area is 103 Å². The van der Waals surface area contributed by atoms with Crippen molar-refractivity contribution in [3.63, 3.8) is 0 Å². The first-order valence-electron chi connectivity index (χ1n) is 6.37. The fourth-order valence-corrected chi connectivity index (χ4v) is 2.43. The average Bonchev–Trinajstić information content (AvgIpc) is 2.33. The van der Waals surface area contributed by atoms with E-state index in [0.717, 1.165) is 12.2 Å². The summed E-state index contributed by atoms with van der Waals surface area (Å²) in [4.78, 5) is 2.39. The van der Waals surface area contributed by atoms with Gasteiger partial charge in [0.2, 0.25) is 0 Å². The van der Waals surface area contributed by atoms with E-state index in [2.05, 4.69) is 17.3 Å². The molecule has 0 spiro atoms. The van der Waals surface area contributed by atoms with E-state index in [1.54, 1.807) is 6.07 Å². The molecule has 3 heteroatoms. The first-order chi connectivity index (χ1) is 8.18. The van der Waals surface area contributed by atoms with Crippen molar-refractivity contribution < 1.29 is 4.39 Å². The molecule has 1 aliphatic heterocycles. The first-order valence-corrected chi connectivity index (χ1v) is 6.37. The first kappa shape index (κ1) is 12.4. The van der Waals surface area contributed by atoms with Crippen LogP contribution in [0.25, 0.3) is 0 Å². The van der Waals surface area contributed by atoms with Gasteiger partial charge in [0.15, 0.2) is 0 Å². The SMILES string of the molecule is Cc1c(F)cccc1NCC1CCCCN1C. The van der Waals surface area contributed by atoms with Crippen molar-refractivity contribution in [2.24, 2.45) is 0 Å². The normalized spacial score (nSPS) is 21.5. The summed E-state index contributed by atoms with van der Waals surface area (Å²) in [5.41, 5.74) is 1.63. The molecule has 1 heterocycles. The second kappa shape index (κ2) is 5.50. The number of benzene rings is 1. The number of hydrogen-bond acceptors (Lipinski definition) is 2. The van der Waals surface area contributed by atoms with E-state index in [4.69, 9.17) is 0 Å². The van der Waals surface area contributed by atoms with Crippen LogP contribution in [-0.2, 0) is 0 Å². The molecular formula is C14H21FN2. The Balaban J connectivity index is 1.95. The highest BCUT2D eigenvalue weighted by molar-refractivity contribution is 5.51. The number of likely N-dealkylation sites (N-methyl/N-ethyl adjacent to an activating group) is 1. The summed E-state index contributed by atoms with van der Waals surface area (Å²) in [7, 11) is 2.17. The standard InChI is InChI=1S/C14H21FN2/c1-11-13(15)7-5-8-14(11)16-10-12-6-3-4-9-17(12)2/h5,7-8,12,16H,3-4,6,9-10H2,1-2H3. The minimum atomic E-state index is -0.132. The van der Waals surface area contributed by atoms with Crippen LogP contribution in [0.15, 0.2) is 18.2 Å². The van der Waals surface area contributed by atoms with Gasteiger partial charge in [-0.3, -0.25) is 0 Å². The zero-order chi connectivity index (χ0) is 12.3. The molecule has 0 aromatic heterocycles. The van der Waals surface area contributed by atoms with Crippen LogP contribution in [-0.4, -0.2) is 31.1 Å². The second-order valence-electron chi connectivity index (χ2n) is 4.92. The number of nitrogens with zero attached hydrogens (tertiary/aromatic N) is 1. The molecule has 0 radical (unpaired) electrons. The minimum absolute atomic E-state index is 0.132. The molecule has 1 aliphatic rings. The topological polar surface area (TPSA) is 15.3 Å². The Hall–Kier alpha value is -1.09. The zero-order valence-electron chi connectivity index (χ0n) is 10.7. The lowest BCUT2D eigenvalue weighted by Gasteiger charge is -2.32. The third-order valence-corrected chi connectivity index (χ3v) is 3.72. The van der Waals surface area contributed by atoms with Gasteiger partial charge in [0.25, 0.3) is 0 Å². The van der Waals surface area contributed by atoms with Crippen LogP contribution >= 0.6 is 0 Å². The maximum absolute atomic E-state index is 13.4. The Morgan fingerprint density at radius 1 is 1.41 bits per heavy atom. The van der Waals surface area contributed by atoms with E-state index in [0.29, 0.717) is 11.6 Å². The number of anilines is 1. The molecule has 1 saturated heterocycles. The summed E-state index contributed by atoms with van der Waals surface area (Å²) in [5.74, 6) is -0.132. The smallest absolute Gasteiger partial charge is 0.128 e. The van der Waals surface area contributed by atoms with Gasteiger partial charge in [0.1, 0.15) is 5.82 Å². The molecule has 0 saturated carbocycles. The van der Waals surface area contributed by atoms with E-state index in [1.807, 2.05) is 13.0 Å². The predicted octanol–water partition coefficient (Wildman–Crippen LogP) is 3.03. The molecule has 1 N–H and O–H groups in total. The van der Waals surface area contributed by atoms with Crippen LogP contribution in [0.1, 0.15) is 24.8 Å². The fraction of sp³-hybridized carbons (Fsp3) is 0.571. The van der Waals surface area contributed by atoms with Gasteiger partial charge in [-0.15, -0.1) is 0 Å². The molecule has 17 heavy (non-hydrogen) atoms. The van der Waals surface area contributed by atoms with E-state index in [1.165, 1.54) is 31.9 Å². The maximum Gasteiger partial charge on any atom is 0.128 e. The largest absolute Gasteiger partial charge is 0.383 e. The van der Waals surface area contributed by atoms with Crippen molar-refractivity contribution in [3.05, 3.63) is 29.6 Å². The molecule has 1 aromatic rings. The van der Waals surface area contributed by atoms with Gasteiger partial charge in [0.05, 0.1) is 0 Å². The molecule has 1 aromatic carbocycles. The van der Waals surface area contributed by atoms with Crippen molar-refractivity contribution in [2.75, 3.05) is 25.5 Å². The van der Waals surface area contributed by atoms with E-state index in [-0.39, 0.29) is 5.82 Å². The van der Waals surface area contributed by atoms with Crippen molar-refractivity contribution in [1.29, 1.82) is 0 Å². The number of rotatable bonds is 3. The summed E-state index contributed by atoms with van der Waals surface area (Å²) in [6.45, 7) is 3.90. The number of hydrogen-bond donors (Lipinski definition) is 1. The summed E-state index contributed by atoms with van der Waals surface area (Å²) in [5, 5.41) is 3.37. The molecule has 0 amide bonds. The molecule has 1 unspecified atom stereocenters. The van der Waals surface area contributed by atoms with Gasteiger partial charge in [-0.05, 0) is 45.5 Å². The number of piperidine rings is 1. The van der Waals surface area contributed by atoms with E-state index in [9.17, 15) is 4.39 Å². The summed E-state index contributed by atoms with van der Waals surface area (Å²) < 4.78 is 13.4. The average molecular weight is 236 g/mol. The lowest BCUT2D eigenvalue weighted by atomic mass is 10.0. The Morgan fingerprint density at radius 2 is 2.24 bits per heavy atom. The quantitative estimate of drug-likeness (QED) is 0.867. The Bertz CT molecular complexity index is 378. The number of nitrogens with one attached hydrogen (secondary N) is 1. The van der Waals surface area contributed by atoms with Gasteiger partial charge in [-0.1, -0.05) is 12.5 Å². The van der Waals surface area contributed by atoms with Crippen molar-refractivity contribution in [2.45, 2.75) is 32.2 Å². The summed E-state index contributed by atoms with van der Waals surface area (Å²) in [6, 6.07) is 5.79. The zero-order valence-corrected chi connectivity index (χ0v) is 10.7. The molecule has 2 rings (SSSR count). The van der Waals surface area contributed by atoms with E-state index >= 15 is 0 Å². The monoisotopic (exact) mass is 236 g/mol. The van der Waals surface area contributed by atoms with Crippen LogP contribution in [0.5, 0.6) is 0 Å². The molecule has 1 fully saturated rings. The Kier molecular flexibility index (Phi) is 4.00. The number of likely N-dealkylation sites (tertiary alicyclic amines) is 1. The van der Waals surface area contributed by atoms with Gasteiger partial charge in [0, 0.05) is 23.8 Å². The van der Waals surface area contributed by atoms with Crippen molar-refractivity contribution in [1.82, 2.24) is 4.90 Å². The van der Waals surface area contributed by atoms with Crippen LogP contribution in [0.3, 0.4) is 0 Å². The molecule has 1 atom stereocenters. The van der Waals surface area contributed by atoms with Crippen LogP contribution < -0.4 is 5.32 Å². The van der Waals surface area contributed by atoms with E-state index < -0.39 is 0 Å². The van der Waals surface area contributed by atoms with Crippen molar-refractivity contribution in [3.8, 4) is 0 Å². The molecule has 94 valence electrons. The highest BCUT2D eigenvalue weighted by atomic mass is 19.1. The third kappa shape index (κ3) is 2.97. The fourth-order valence-electron chi connectivity index (χ4n) is 2.43. The maximum atomic E-state index is 13.4. The minimum Gasteiger partial charge on any atom is -0.383 e. The third-order valence-electron chi connectivity index (χ3n) is 3.72. The number of halogens is 1. The van der Waals surface area contributed by atoms with Crippen LogP contribution in [0.2, 0.25) is 0 Å². The lowest BCUT2D eigenvalue weighted by Crippen LogP contribution is -2.40. The highest BCUT2D eigenvalue weighted by Crippen LogP contribution is 2.19.